The molecule has 3 aliphatic rings. The molecule has 148 valence electrons. The number of amides is 1. The van der Waals surface area contributed by atoms with Gasteiger partial charge in [0.2, 0.25) is 5.91 Å². The van der Waals surface area contributed by atoms with Gasteiger partial charge in [0.1, 0.15) is 5.75 Å². The van der Waals surface area contributed by atoms with Crippen molar-refractivity contribution in [3.63, 3.8) is 0 Å². The molecule has 1 saturated carbocycles. The lowest BCUT2D eigenvalue weighted by Gasteiger charge is -2.49. The van der Waals surface area contributed by atoms with Crippen molar-refractivity contribution in [2.45, 2.75) is 44.2 Å². The molecule has 1 aromatic carbocycles. The van der Waals surface area contributed by atoms with Gasteiger partial charge in [-0.2, -0.15) is 0 Å². The Balaban J connectivity index is 1.42. The summed E-state index contributed by atoms with van der Waals surface area (Å²) >= 11 is 0. The highest BCUT2D eigenvalue weighted by atomic mass is 16.5. The first-order chi connectivity index (χ1) is 13.1. The first-order valence-corrected chi connectivity index (χ1v) is 10.4. The SMILES string of the molecule is COc1ccc(CN2CCN(C)[C@@]3(CCC(=O)N(CC4CC4)CC3)C2)cc1. The van der Waals surface area contributed by atoms with E-state index in [2.05, 4.69) is 33.9 Å². The minimum atomic E-state index is 0.138. The van der Waals surface area contributed by atoms with Gasteiger partial charge in [-0.15, -0.1) is 0 Å². The van der Waals surface area contributed by atoms with Crippen LogP contribution in [0.15, 0.2) is 24.3 Å². The van der Waals surface area contributed by atoms with Crippen LogP contribution in [0.4, 0.5) is 0 Å². The Hall–Kier alpha value is -1.59. The fraction of sp³-hybridized carbons (Fsp3) is 0.682. The predicted octanol–water partition coefficient (Wildman–Crippen LogP) is 2.60. The van der Waals surface area contributed by atoms with Gasteiger partial charge in [-0.3, -0.25) is 14.6 Å². The van der Waals surface area contributed by atoms with E-state index in [9.17, 15) is 4.79 Å². The molecule has 4 rings (SSSR count). The fourth-order valence-corrected chi connectivity index (χ4v) is 4.70. The van der Waals surface area contributed by atoms with Crippen LogP contribution >= 0.6 is 0 Å². The summed E-state index contributed by atoms with van der Waals surface area (Å²) < 4.78 is 5.27. The lowest BCUT2D eigenvalue weighted by atomic mass is 9.86. The number of carbonyl (C=O) groups excluding carboxylic acids is 1. The van der Waals surface area contributed by atoms with Crippen molar-refractivity contribution in [2.75, 3.05) is 46.9 Å². The van der Waals surface area contributed by atoms with Crippen molar-refractivity contribution in [2.24, 2.45) is 5.92 Å². The quantitative estimate of drug-likeness (QED) is 0.797. The highest BCUT2D eigenvalue weighted by molar-refractivity contribution is 5.76. The van der Waals surface area contributed by atoms with E-state index in [-0.39, 0.29) is 5.54 Å². The third-order valence-electron chi connectivity index (χ3n) is 6.82. The molecule has 1 aromatic rings. The van der Waals surface area contributed by atoms with Crippen LogP contribution < -0.4 is 4.74 Å². The molecule has 0 radical (unpaired) electrons. The van der Waals surface area contributed by atoms with Crippen LogP contribution in [0.2, 0.25) is 0 Å². The molecule has 1 aliphatic carbocycles. The lowest BCUT2D eigenvalue weighted by molar-refractivity contribution is -0.131. The molecule has 0 aromatic heterocycles. The predicted molar refractivity (Wildman–Crippen MR) is 107 cm³/mol. The summed E-state index contributed by atoms with van der Waals surface area (Å²) in [6.07, 6.45) is 5.41. The van der Waals surface area contributed by atoms with E-state index < -0.39 is 0 Å². The van der Waals surface area contributed by atoms with E-state index in [1.165, 1.54) is 18.4 Å². The number of likely N-dealkylation sites (tertiary alicyclic amines) is 1. The summed E-state index contributed by atoms with van der Waals surface area (Å²) in [7, 11) is 3.96. The van der Waals surface area contributed by atoms with Gasteiger partial charge in [0.15, 0.2) is 0 Å². The van der Waals surface area contributed by atoms with E-state index in [1.807, 2.05) is 12.1 Å². The average molecular weight is 372 g/mol. The van der Waals surface area contributed by atoms with Crippen molar-refractivity contribution in [3.05, 3.63) is 29.8 Å². The van der Waals surface area contributed by atoms with Crippen molar-refractivity contribution in [1.29, 1.82) is 0 Å². The first-order valence-electron chi connectivity index (χ1n) is 10.4. The van der Waals surface area contributed by atoms with E-state index >= 15 is 0 Å². The summed E-state index contributed by atoms with van der Waals surface area (Å²) in [5.41, 5.74) is 1.47. The second kappa shape index (κ2) is 7.80. The van der Waals surface area contributed by atoms with Crippen molar-refractivity contribution < 1.29 is 9.53 Å². The maximum absolute atomic E-state index is 12.6. The van der Waals surface area contributed by atoms with Crippen molar-refractivity contribution >= 4 is 5.91 Å². The molecule has 1 atom stereocenters. The molecule has 3 fully saturated rings. The Kier molecular flexibility index (Phi) is 5.42. The van der Waals surface area contributed by atoms with E-state index in [0.29, 0.717) is 12.3 Å². The summed E-state index contributed by atoms with van der Waals surface area (Å²) in [5, 5.41) is 0. The number of nitrogens with zero attached hydrogens (tertiary/aromatic N) is 3. The van der Waals surface area contributed by atoms with Gasteiger partial charge in [-0.25, -0.2) is 0 Å². The molecule has 0 N–H and O–H groups in total. The Labute approximate surface area is 163 Å². The number of benzene rings is 1. The number of hydrogen-bond donors (Lipinski definition) is 0. The average Bonchev–Trinajstić information content (AvgIpc) is 3.51. The van der Waals surface area contributed by atoms with Gasteiger partial charge in [0.25, 0.3) is 0 Å². The Morgan fingerprint density at radius 1 is 1.11 bits per heavy atom. The van der Waals surface area contributed by atoms with Crippen LogP contribution in [-0.2, 0) is 11.3 Å². The van der Waals surface area contributed by atoms with Crippen LogP contribution in [0.25, 0.3) is 0 Å². The zero-order chi connectivity index (χ0) is 18.9. The Morgan fingerprint density at radius 3 is 2.59 bits per heavy atom. The number of likely N-dealkylation sites (N-methyl/N-ethyl adjacent to an activating group) is 1. The first kappa shape index (κ1) is 18.8. The third-order valence-corrected chi connectivity index (χ3v) is 6.82. The van der Waals surface area contributed by atoms with Gasteiger partial charge < -0.3 is 9.64 Å². The number of methoxy groups -OCH3 is 1. The summed E-state index contributed by atoms with van der Waals surface area (Å²) in [5.74, 6) is 2.06. The molecule has 27 heavy (non-hydrogen) atoms. The Bertz CT molecular complexity index is 658. The highest BCUT2D eigenvalue weighted by Crippen LogP contribution is 2.35. The molecule has 5 nitrogen and oxygen atoms in total. The smallest absolute Gasteiger partial charge is 0.222 e. The number of ether oxygens (including phenoxy) is 1. The standard InChI is InChI=1S/C22H33N3O2/c1-23-13-14-24(15-18-5-7-20(27-2)8-6-18)17-22(23)10-9-21(26)25(12-11-22)16-19-3-4-19/h5-8,19H,3-4,9-17H2,1-2H3/t22-/m1/s1. The summed E-state index contributed by atoms with van der Waals surface area (Å²) in [6, 6.07) is 8.41. The summed E-state index contributed by atoms with van der Waals surface area (Å²) in [6.45, 7) is 6.11. The molecule has 2 saturated heterocycles. The van der Waals surface area contributed by atoms with Gasteiger partial charge in [0.05, 0.1) is 7.11 Å². The molecule has 2 aliphatic heterocycles. The van der Waals surface area contributed by atoms with E-state index in [1.54, 1.807) is 7.11 Å². The fourth-order valence-electron chi connectivity index (χ4n) is 4.70. The lowest BCUT2D eigenvalue weighted by Crippen LogP contribution is -2.60. The molecule has 2 heterocycles. The highest BCUT2D eigenvalue weighted by Gasteiger charge is 2.42. The van der Waals surface area contributed by atoms with E-state index in [0.717, 1.165) is 63.8 Å². The number of carbonyl (C=O) groups is 1. The normalized spacial score (nSPS) is 27.8. The van der Waals surface area contributed by atoms with E-state index in [4.69, 9.17) is 4.74 Å². The van der Waals surface area contributed by atoms with Gasteiger partial charge in [-0.05, 0) is 56.3 Å². The molecule has 1 amide bonds. The number of hydrogen-bond acceptors (Lipinski definition) is 4. The third kappa shape index (κ3) is 4.30. The zero-order valence-electron chi connectivity index (χ0n) is 16.8. The maximum Gasteiger partial charge on any atom is 0.222 e. The minimum Gasteiger partial charge on any atom is -0.497 e. The van der Waals surface area contributed by atoms with Crippen molar-refractivity contribution in [1.82, 2.24) is 14.7 Å². The van der Waals surface area contributed by atoms with Crippen LogP contribution in [0.3, 0.4) is 0 Å². The maximum atomic E-state index is 12.6. The van der Waals surface area contributed by atoms with Crippen LogP contribution in [0, 0.1) is 5.92 Å². The molecular formula is C22H33N3O2. The minimum absolute atomic E-state index is 0.138. The van der Waals surface area contributed by atoms with Gasteiger partial charge in [0, 0.05) is 51.2 Å². The van der Waals surface area contributed by atoms with Crippen molar-refractivity contribution in [3.8, 4) is 5.75 Å². The molecule has 0 unspecified atom stereocenters. The molecular weight excluding hydrogens is 338 g/mol. The monoisotopic (exact) mass is 371 g/mol. The zero-order valence-corrected chi connectivity index (χ0v) is 16.8. The molecule has 0 bridgehead atoms. The van der Waals surface area contributed by atoms with Crippen LogP contribution in [0.1, 0.15) is 37.7 Å². The topological polar surface area (TPSA) is 36.0 Å². The molecule has 5 heteroatoms. The second-order valence-corrected chi connectivity index (χ2v) is 8.74. The number of piperazine rings is 1. The second-order valence-electron chi connectivity index (χ2n) is 8.74. The largest absolute Gasteiger partial charge is 0.497 e. The van der Waals surface area contributed by atoms with Gasteiger partial charge in [-0.1, -0.05) is 12.1 Å². The van der Waals surface area contributed by atoms with Gasteiger partial charge >= 0.3 is 0 Å². The summed E-state index contributed by atoms with van der Waals surface area (Å²) in [4.78, 5) is 19.9. The number of rotatable bonds is 5. The molecule has 1 spiro atoms. The Morgan fingerprint density at radius 2 is 1.89 bits per heavy atom. The van der Waals surface area contributed by atoms with Crippen LogP contribution in [-0.4, -0.2) is 73.0 Å². The van der Waals surface area contributed by atoms with Crippen LogP contribution in [0.5, 0.6) is 5.75 Å².